The van der Waals surface area contributed by atoms with Crippen LogP contribution < -0.4 is 0 Å². The van der Waals surface area contributed by atoms with Crippen molar-refractivity contribution < 1.29 is 13.2 Å². The Bertz CT molecular complexity index is 1140. The number of nitrogens with zero attached hydrogens (tertiary/aromatic N) is 3. The molecule has 0 saturated carbocycles. The molecule has 8 heteroatoms. The van der Waals surface area contributed by atoms with Crippen LogP contribution in [0.15, 0.2) is 65.3 Å². The van der Waals surface area contributed by atoms with Gasteiger partial charge in [0, 0.05) is 21.8 Å². The molecule has 0 bridgehead atoms. The van der Waals surface area contributed by atoms with E-state index < -0.39 is 11.7 Å². The third-order valence-electron chi connectivity index (χ3n) is 4.11. The Morgan fingerprint density at radius 1 is 0.889 bits per heavy atom. The molecule has 0 saturated heterocycles. The van der Waals surface area contributed by atoms with Crippen molar-refractivity contribution in [1.29, 1.82) is 0 Å². The van der Waals surface area contributed by atoms with Crippen molar-refractivity contribution in [3.05, 3.63) is 70.8 Å². The summed E-state index contributed by atoms with van der Waals surface area (Å²) in [7, 11) is 0. The Hall–Kier alpha value is -2.19. The molecular weight excluding hydrogens is 487 g/mol. The molecule has 2 aromatic heterocycles. The third kappa shape index (κ3) is 3.27. The van der Waals surface area contributed by atoms with Gasteiger partial charge in [-0.25, -0.2) is 4.98 Å². The molecule has 136 valence electrons. The molecule has 27 heavy (non-hydrogen) atoms. The normalized spacial score (nSPS) is 11.9. The highest BCUT2D eigenvalue weighted by molar-refractivity contribution is 9.10. The molecule has 0 radical (unpaired) electrons. The summed E-state index contributed by atoms with van der Waals surface area (Å²) in [5.41, 5.74) is 1.99. The topological polar surface area (TPSA) is 30.7 Å². The van der Waals surface area contributed by atoms with Crippen molar-refractivity contribution in [2.75, 3.05) is 0 Å². The summed E-state index contributed by atoms with van der Waals surface area (Å²) in [4.78, 5) is 8.54. The van der Waals surface area contributed by atoms with E-state index in [0.29, 0.717) is 11.4 Å². The number of alkyl halides is 3. The van der Waals surface area contributed by atoms with E-state index >= 15 is 0 Å². The highest BCUT2D eigenvalue weighted by Crippen LogP contribution is 2.36. The number of benzene rings is 2. The van der Waals surface area contributed by atoms with Gasteiger partial charge < -0.3 is 0 Å². The minimum absolute atomic E-state index is 0.0911. The third-order valence-corrected chi connectivity index (χ3v) is 5.47. The Morgan fingerprint density at radius 3 is 2.26 bits per heavy atom. The van der Waals surface area contributed by atoms with E-state index in [1.807, 2.05) is 18.2 Å². The summed E-state index contributed by atoms with van der Waals surface area (Å²) in [5.74, 6) is 0.653. The number of fused-ring (bicyclic) bond motifs is 1. The Balaban J connectivity index is 1.79. The zero-order valence-corrected chi connectivity index (χ0v) is 16.7. The van der Waals surface area contributed by atoms with Gasteiger partial charge in [0.15, 0.2) is 5.82 Å². The molecule has 0 aliphatic carbocycles. The molecule has 2 heterocycles. The molecule has 0 aliphatic heterocycles. The van der Waals surface area contributed by atoms with Gasteiger partial charge in [-0.05, 0) is 40.2 Å². The Kier molecular flexibility index (Phi) is 4.55. The van der Waals surface area contributed by atoms with Gasteiger partial charge in [-0.2, -0.15) is 13.2 Å². The molecule has 0 spiro atoms. The van der Waals surface area contributed by atoms with Crippen molar-refractivity contribution >= 4 is 43.1 Å². The predicted molar refractivity (Wildman–Crippen MR) is 105 cm³/mol. The van der Waals surface area contributed by atoms with Gasteiger partial charge in [-0.1, -0.05) is 30.3 Å². The Labute approximate surface area is 169 Å². The molecule has 4 aromatic rings. The van der Waals surface area contributed by atoms with Gasteiger partial charge in [0.25, 0.3) is 0 Å². The van der Waals surface area contributed by atoms with Crippen molar-refractivity contribution in [3.8, 4) is 22.6 Å². The molecule has 0 unspecified atom stereocenters. The van der Waals surface area contributed by atoms with Crippen LogP contribution in [0.4, 0.5) is 13.2 Å². The largest absolute Gasteiger partial charge is 0.418 e. The van der Waals surface area contributed by atoms with Crippen LogP contribution >= 0.6 is 32.1 Å². The quantitative estimate of drug-likeness (QED) is 0.309. The minimum atomic E-state index is -4.46. The molecule has 0 atom stereocenters. The van der Waals surface area contributed by atoms with E-state index in [1.54, 1.807) is 27.9 Å². The number of pyridine rings is 1. The van der Waals surface area contributed by atoms with Crippen LogP contribution in [-0.2, 0) is 6.18 Å². The van der Waals surface area contributed by atoms with E-state index in [2.05, 4.69) is 42.0 Å². The Morgan fingerprint density at radius 2 is 1.59 bits per heavy atom. The highest BCUT2D eigenvalue weighted by atomic mass is 79.9. The van der Waals surface area contributed by atoms with Crippen LogP contribution in [0.2, 0.25) is 0 Å². The van der Waals surface area contributed by atoms with Crippen LogP contribution in [0.3, 0.4) is 0 Å². The fraction of sp³-hybridized carbons (Fsp3) is 0.0526. The number of imidazole rings is 1. The van der Waals surface area contributed by atoms with Gasteiger partial charge in [-0.15, -0.1) is 0 Å². The number of aromatic nitrogens is 3. The van der Waals surface area contributed by atoms with E-state index in [9.17, 15) is 13.2 Å². The first-order valence-electron chi connectivity index (χ1n) is 7.82. The predicted octanol–water partition coefficient (Wildman–Crippen LogP) is 6.70. The van der Waals surface area contributed by atoms with Gasteiger partial charge >= 0.3 is 6.18 Å². The second-order valence-electron chi connectivity index (χ2n) is 5.80. The monoisotopic (exact) mass is 495 g/mol. The fourth-order valence-electron chi connectivity index (χ4n) is 2.86. The van der Waals surface area contributed by atoms with Crippen molar-refractivity contribution in [2.45, 2.75) is 6.18 Å². The highest BCUT2D eigenvalue weighted by Gasteiger charge is 2.34. The average molecular weight is 497 g/mol. The van der Waals surface area contributed by atoms with Gasteiger partial charge in [0.1, 0.15) is 5.52 Å². The number of rotatable bonds is 2. The van der Waals surface area contributed by atoms with Crippen molar-refractivity contribution in [1.82, 2.24) is 13.6 Å². The average Bonchev–Trinajstić information content (AvgIpc) is 3.00. The number of para-hydroxylation sites is 1. The molecule has 0 amide bonds. The van der Waals surface area contributed by atoms with Crippen LogP contribution in [0.25, 0.3) is 33.7 Å². The molecule has 4 rings (SSSR count). The lowest BCUT2D eigenvalue weighted by Gasteiger charge is -2.12. The van der Waals surface area contributed by atoms with E-state index in [-0.39, 0.29) is 5.69 Å². The summed E-state index contributed by atoms with van der Waals surface area (Å²) in [6.07, 6.45) is -3.10. The zero-order valence-electron chi connectivity index (χ0n) is 13.5. The second-order valence-corrected chi connectivity index (χ2v) is 7.36. The molecule has 0 N–H and O–H groups in total. The van der Waals surface area contributed by atoms with E-state index in [4.69, 9.17) is 0 Å². The summed E-state index contributed by atoms with van der Waals surface area (Å²) in [5, 5.41) is 0. The lowest BCUT2D eigenvalue weighted by atomic mass is 10.0. The van der Waals surface area contributed by atoms with Crippen LogP contribution in [0.5, 0.6) is 0 Å². The minimum Gasteiger partial charge on any atom is -0.258 e. The standard InChI is InChI=1S/C19H10Br2F3N3/c20-14-4-1-5-15-17(14)26-18(27(15)21)12-8-6-11(7-9-12)16-13(19(22,23)24)3-2-10-25-16/h1-10H. The van der Waals surface area contributed by atoms with Gasteiger partial charge in [0.2, 0.25) is 0 Å². The van der Waals surface area contributed by atoms with Gasteiger partial charge in [0.05, 0.1) is 32.9 Å². The number of hydrogen-bond acceptors (Lipinski definition) is 2. The number of hydrogen-bond donors (Lipinski definition) is 0. The van der Waals surface area contributed by atoms with Crippen LogP contribution in [0.1, 0.15) is 5.56 Å². The van der Waals surface area contributed by atoms with Crippen LogP contribution in [-0.4, -0.2) is 13.6 Å². The first kappa shape index (κ1) is 18.2. The maximum atomic E-state index is 13.2. The summed E-state index contributed by atoms with van der Waals surface area (Å²) in [6.45, 7) is 0. The molecule has 0 aliphatic rings. The lowest BCUT2D eigenvalue weighted by molar-refractivity contribution is -0.137. The summed E-state index contributed by atoms with van der Waals surface area (Å²) in [6, 6.07) is 14.7. The SMILES string of the molecule is FC(F)(F)c1cccnc1-c1ccc(-c2nc3c(Br)cccc3n2Br)cc1. The van der Waals surface area contributed by atoms with Crippen molar-refractivity contribution in [2.24, 2.45) is 0 Å². The van der Waals surface area contributed by atoms with Gasteiger partial charge in [-0.3, -0.25) is 8.58 Å². The summed E-state index contributed by atoms with van der Waals surface area (Å²) >= 11 is 6.97. The molecule has 0 fully saturated rings. The first-order chi connectivity index (χ1) is 12.9. The first-order valence-corrected chi connectivity index (χ1v) is 9.32. The maximum Gasteiger partial charge on any atom is 0.418 e. The van der Waals surface area contributed by atoms with E-state index in [0.717, 1.165) is 27.1 Å². The zero-order chi connectivity index (χ0) is 19.2. The molecule has 2 aromatic carbocycles. The maximum absolute atomic E-state index is 13.2. The number of halogens is 5. The second kappa shape index (κ2) is 6.76. The van der Waals surface area contributed by atoms with E-state index in [1.165, 1.54) is 12.3 Å². The summed E-state index contributed by atoms with van der Waals surface area (Å²) < 4.78 is 42.3. The fourth-order valence-corrected chi connectivity index (χ4v) is 3.87. The molecule has 3 nitrogen and oxygen atoms in total. The lowest BCUT2D eigenvalue weighted by Crippen LogP contribution is -2.08. The smallest absolute Gasteiger partial charge is 0.258 e. The van der Waals surface area contributed by atoms with Crippen molar-refractivity contribution in [3.63, 3.8) is 0 Å². The van der Waals surface area contributed by atoms with Crippen LogP contribution in [0, 0.1) is 0 Å². The molecular formula is C19H10Br2F3N3.